The van der Waals surface area contributed by atoms with Crippen LogP contribution >= 0.6 is 0 Å². The summed E-state index contributed by atoms with van der Waals surface area (Å²) in [5.41, 5.74) is 0.913. The molecule has 1 rings (SSSR count). The fraction of sp³-hybridized carbons (Fsp3) is 0.438. The molecule has 0 aromatic carbocycles. The first-order chi connectivity index (χ1) is 9.59. The minimum Gasteiger partial charge on any atom is -0.481 e. The van der Waals surface area contributed by atoms with Crippen molar-refractivity contribution in [2.75, 3.05) is 0 Å². The Morgan fingerprint density at radius 2 is 2.15 bits per heavy atom. The second-order valence-corrected chi connectivity index (χ2v) is 4.92. The molecule has 0 saturated heterocycles. The molecule has 1 aromatic heterocycles. The highest BCUT2D eigenvalue weighted by atomic mass is 16.4. The SMILES string of the molecule is C[C@@H](CCCCCC(=O)/C=C/c1cccnc1)C(=O)O. The summed E-state index contributed by atoms with van der Waals surface area (Å²) in [6.07, 6.45) is 10.5. The van der Waals surface area contributed by atoms with Crippen molar-refractivity contribution in [2.45, 2.75) is 39.0 Å². The van der Waals surface area contributed by atoms with Crippen molar-refractivity contribution in [3.63, 3.8) is 0 Å². The number of ketones is 1. The van der Waals surface area contributed by atoms with Crippen LogP contribution in [0.25, 0.3) is 6.08 Å². The minimum absolute atomic E-state index is 0.0973. The molecule has 0 bridgehead atoms. The Morgan fingerprint density at radius 1 is 1.35 bits per heavy atom. The van der Waals surface area contributed by atoms with Gasteiger partial charge in [-0.3, -0.25) is 14.6 Å². The van der Waals surface area contributed by atoms with Crippen LogP contribution in [0.5, 0.6) is 0 Å². The molecule has 20 heavy (non-hydrogen) atoms. The number of carboxylic acids is 1. The van der Waals surface area contributed by atoms with Gasteiger partial charge in [-0.15, -0.1) is 0 Å². The van der Waals surface area contributed by atoms with Gasteiger partial charge < -0.3 is 5.11 Å². The molecule has 1 heterocycles. The van der Waals surface area contributed by atoms with E-state index in [1.807, 2.05) is 12.1 Å². The van der Waals surface area contributed by atoms with Crippen LogP contribution in [0.1, 0.15) is 44.6 Å². The average Bonchev–Trinajstić information content (AvgIpc) is 2.45. The molecular formula is C16H21NO3. The Morgan fingerprint density at radius 3 is 2.80 bits per heavy atom. The molecule has 0 radical (unpaired) electrons. The number of rotatable bonds is 9. The number of unbranched alkanes of at least 4 members (excludes halogenated alkanes) is 2. The number of allylic oxidation sites excluding steroid dienone is 1. The second kappa shape index (κ2) is 9.02. The van der Waals surface area contributed by atoms with Crippen molar-refractivity contribution >= 4 is 17.8 Å². The molecule has 0 unspecified atom stereocenters. The molecular weight excluding hydrogens is 254 g/mol. The van der Waals surface area contributed by atoms with Gasteiger partial charge >= 0.3 is 5.97 Å². The summed E-state index contributed by atoms with van der Waals surface area (Å²) in [4.78, 5) is 26.2. The molecule has 0 aliphatic rings. The molecule has 0 fully saturated rings. The lowest BCUT2D eigenvalue weighted by Gasteiger charge is -2.04. The van der Waals surface area contributed by atoms with E-state index < -0.39 is 5.97 Å². The van der Waals surface area contributed by atoms with E-state index in [-0.39, 0.29) is 11.7 Å². The number of hydrogen-bond donors (Lipinski definition) is 1. The van der Waals surface area contributed by atoms with Crippen LogP contribution in [0, 0.1) is 5.92 Å². The lowest BCUT2D eigenvalue weighted by Crippen LogP contribution is -2.08. The van der Waals surface area contributed by atoms with E-state index in [0.29, 0.717) is 12.8 Å². The Balaban J connectivity index is 2.15. The van der Waals surface area contributed by atoms with Gasteiger partial charge in [0, 0.05) is 18.8 Å². The monoisotopic (exact) mass is 275 g/mol. The van der Waals surface area contributed by atoms with Crippen molar-refractivity contribution in [1.29, 1.82) is 0 Å². The van der Waals surface area contributed by atoms with Gasteiger partial charge in [0.1, 0.15) is 0 Å². The lowest BCUT2D eigenvalue weighted by atomic mass is 10.0. The van der Waals surface area contributed by atoms with Crippen molar-refractivity contribution in [2.24, 2.45) is 5.92 Å². The van der Waals surface area contributed by atoms with Crippen molar-refractivity contribution in [3.8, 4) is 0 Å². The number of aromatic nitrogens is 1. The van der Waals surface area contributed by atoms with E-state index in [2.05, 4.69) is 4.98 Å². The summed E-state index contributed by atoms with van der Waals surface area (Å²) in [6.45, 7) is 1.71. The van der Waals surface area contributed by atoms with Gasteiger partial charge in [0.2, 0.25) is 0 Å². The molecule has 1 N–H and O–H groups in total. The van der Waals surface area contributed by atoms with Gasteiger partial charge in [-0.25, -0.2) is 0 Å². The zero-order valence-corrected chi connectivity index (χ0v) is 11.8. The number of carbonyl (C=O) groups is 2. The summed E-state index contributed by atoms with van der Waals surface area (Å²) in [6, 6.07) is 3.72. The Kier molecular flexibility index (Phi) is 7.25. The largest absolute Gasteiger partial charge is 0.481 e. The summed E-state index contributed by atoms with van der Waals surface area (Å²) >= 11 is 0. The molecule has 4 nitrogen and oxygen atoms in total. The van der Waals surface area contributed by atoms with Gasteiger partial charge in [0.05, 0.1) is 5.92 Å². The maximum absolute atomic E-state index is 11.6. The van der Waals surface area contributed by atoms with Crippen LogP contribution in [0.4, 0.5) is 0 Å². The highest BCUT2D eigenvalue weighted by molar-refractivity contribution is 5.93. The minimum atomic E-state index is -0.750. The van der Waals surface area contributed by atoms with Gasteiger partial charge in [-0.1, -0.05) is 25.8 Å². The predicted octanol–water partition coefficient (Wildman–Crippen LogP) is 3.34. The highest BCUT2D eigenvalue weighted by Crippen LogP contribution is 2.11. The van der Waals surface area contributed by atoms with Crippen molar-refractivity contribution in [1.82, 2.24) is 4.98 Å². The summed E-state index contributed by atoms with van der Waals surface area (Å²) in [7, 11) is 0. The average molecular weight is 275 g/mol. The maximum Gasteiger partial charge on any atom is 0.306 e. The second-order valence-electron chi connectivity index (χ2n) is 4.92. The molecule has 0 aliphatic heterocycles. The first-order valence-electron chi connectivity index (χ1n) is 6.93. The normalized spacial score (nSPS) is 12.4. The van der Waals surface area contributed by atoms with E-state index in [1.165, 1.54) is 0 Å². The van der Waals surface area contributed by atoms with Crippen LogP contribution in [-0.4, -0.2) is 21.8 Å². The fourth-order valence-corrected chi connectivity index (χ4v) is 1.80. The quantitative estimate of drug-likeness (QED) is 0.554. The zero-order valence-electron chi connectivity index (χ0n) is 11.8. The standard InChI is InChI=1S/C16H21NO3/c1-13(16(19)20)6-3-2-4-8-15(18)10-9-14-7-5-11-17-12-14/h5,7,9-13H,2-4,6,8H2,1H3,(H,19,20)/b10-9+/t13-/m0/s1. The summed E-state index contributed by atoms with van der Waals surface area (Å²) in [5.74, 6) is -0.947. The summed E-state index contributed by atoms with van der Waals surface area (Å²) < 4.78 is 0. The van der Waals surface area contributed by atoms with Crippen LogP contribution < -0.4 is 0 Å². The molecule has 1 atom stereocenters. The molecule has 0 aliphatic carbocycles. The zero-order chi connectivity index (χ0) is 14.8. The van der Waals surface area contributed by atoms with Gasteiger partial charge in [-0.2, -0.15) is 0 Å². The van der Waals surface area contributed by atoms with Gasteiger partial charge in [-0.05, 0) is 36.6 Å². The molecule has 108 valence electrons. The number of aliphatic carboxylic acids is 1. The van der Waals surface area contributed by atoms with Crippen molar-refractivity contribution < 1.29 is 14.7 Å². The van der Waals surface area contributed by atoms with Crippen LogP contribution in [0.3, 0.4) is 0 Å². The number of pyridine rings is 1. The van der Waals surface area contributed by atoms with Gasteiger partial charge in [0.15, 0.2) is 5.78 Å². The van der Waals surface area contributed by atoms with E-state index >= 15 is 0 Å². The smallest absolute Gasteiger partial charge is 0.306 e. The summed E-state index contributed by atoms with van der Waals surface area (Å²) in [5, 5.41) is 8.74. The molecule has 4 heteroatoms. The highest BCUT2D eigenvalue weighted by Gasteiger charge is 2.09. The Labute approximate surface area is 119 Å². The van der Waals surface area contributed by atoms with Crippen LogP contribution in [0.2, 0.25) is 0 Å². The van der Waals surface area contributed by atoms with E-state index in [1.54, 1.807) is 31.5 Å². The van der Waals surface area contributed by atoms with Crippen LogP contribution in [-0.2, 0) is 9.59 Å². The number of carboxylic acid groups (broad SMARTS) is 1. The first-order valence-corrected chi connectivity index (χ1v) is 6.93. The Hall–Kier alpha value is -1.97. The third-order valence-electron chi connectivity index (χ3n) is 3.13. The Bertz CT molecular complexity index is 454. The van der Waals surface area contributed by atoms with E-state index in [0.717, 1.165) is 24.8 Å². The number of nitrogens with zero attached hydrogens (tertiary/aromatic N) is 1. The van der Waals surface area contributed by atoms with E-state index in [4.69, 9.17) is 5.11 Å². The molecule has 1 aromatic rings. The number of carbonyl (C=O) groups excluding carboxylic acids is 1. The van der Waals surface area contributed by atoms with Crippen molar-refractivity contribution in [3.05, 3.63) is 36.2 Å². The fourth-order valence-electron chi connectivity index (χ4n) is 1.80. The topological polar surface area (TPSA) is 67.3 Å². The van der Waals surface area contributed by atoms with Crippen LogP contribution in [0.15, 0.2) is 30.6 Å². The predicted molar refractivity (Wildman–Crippen MR) is 78.2 cm³/mol. The van der Waals surface area contributed by atoms with Gasteiger partial charge in [0.25, 0.3) is 0 Å². The van der Waals surface area contributed by atoms with E-state index in [9.17, 15) is 9.59 Å². The lowest BCUT2D eigenvalue weighted by molar-refractivity contribution is -0.141. The first kappa shape index (κ1) is 16.1. The third kappa shape index (κ3) is 6.83. The molecule has 0 amide bonds. The molecule has 0 saturated carbocycles. The maximum atomic E-state index is 11.6. The molecule has 0 spiro atoms. The number of hydrogen-bond acceptors (Lipinski definition) is 3. The third-order valence-corrected chi connectivity index (χ3v) is 3.13.